The summed E-state index contributed by atoms with van der Waals surface area (Å²) in [4.78, 5) is 51.6. The number of benzene rings is 4. The van der Waals surface area contributed by atoms with Gasteiger partial charge in [0.25, 0.3) is 32.8 Å². The zero-order chi connectivity index (χ0) is 55.7. The van der Waals surface area contributed by atoms with Crippen LogP contribution in [0, 0.1) is 40.5 Å². The van der Waals surface area contributed by atoms with E-state index in [0.717, 1.165) is 65.8 Å². The minimum atomic E-state index is -4.86. The fourth-order valence-corrected chi connectivity index (χ4v) is 14.9. The number of aromatic nitrogens is 2. The summed E-state index contributed by atoms with van der Waals surface area (Å²) in [6.45, 7) is -3.62. The first kappa shape index (κ1) is 57.1. The highest BCUT2D eigenvalue weighted by Gasteiger charge is 2.37. The second kappa shape index (κ2) is 24.2. The summed E-state index contributed by atoms with van der Waals surface area (Å²) in [6, 6.07) is 27.0. The van der Waals surface area contributed by atoms with Crippen molar-refractivity contribution in [2.75, 3.05) is 26.2 Å². The van der Waals surface area contributed by atoms with Gasteiger partial charge < -0.3 is 0 Å². The lowest BCUT2D eigenvalue weighted by Crippen LogP contribution is -2.35. The molecule has 0 amide bonds. The SMILES string of the molecule is O=[N+]([O-])c1ccccc1S(=O)(=O)N1CCCCCN(S(=O)(=O)c2ccccc2[N+](=O)[O-])Cc2cccc(n2)CN(S(=O)(=O)c2ccccc2[N+](=O)[O-])Cc2cccc(n2)CN(S(=O)(=O)c2ccccc2[N+](=O)[O-])CCCC1. The third kappa shape index (κ3) is 13.2. The lowest BCUT2D eigenvalue weighted by atomic mass is 10.2. The van der Waals surface area contributed by atoms with E-state index in [1.807, 2.05) is 0 Å². The van der Waals surface area contributed by atoms with Crippen LogP contribution in [0.25, 0.3) is 0 Å². The maximum Gasteiger partial charge on any atom is 0.289 e. The molecule has 0 saturated heterocycles. The smallest absolute Gasteiger partial charge is 0.258 e. The van der Waals surface area contributed by atoms with Crippen LogP contribution in [0.15, 0.2) is 153 Å². The number of rotatable bonds is 12. The van der Waals surface area contributed by atoms with Crippen LogP contribution >= 0.6 is 0 Å². The van der Waals surface area contributed by atoms with Gasteiger partial charge in [0, 0.05) is 50.4 Å². The van der Waals surface area contributed by atoms with E-state index in [-0.39, 0.29) is 74.5 Å². The van der Waals surface area contributed by atoms with Gasteiger partial charge in [-0.05, 0) is 74.2 Å². The van der Waals surface area contributed by atoms with Crippen LogP contribution in [0.2, 0.25) is 0 Å². The molecule has 3 heterocycles. The van der Waals surface area contributed by atoms with Crippen LogP contribution in [-0.4, -0.2) is 107 Å². The molecule has 6 aromatic rings. The molecule has 1 aliphatic heterocycles. The third-order valence-electron chi connectivity index (χ3n) is 12.2. The largest absolute Gasteiger partial charge is 0.289 e. The first-order chi connectivity index (χ1) is 36.5. The van der Waals surface area contributed by atoms with Gasteiger partial charge in [0.2, 0.25) is 30.1 Å². The Hall–Kier alpha value is -7.58. The number of sulfonamides is 4. The quantitative estimate of drug-likeness (QED) is 0.0927. The highest BCUT2D eigenvalue weighted by atomic mass is 32.2. The van der Waals surface area contributed by atoms with Gasteiger partial charge in [0.15, 0.2) is 19.6 Å². The monoisotopic (exact) mass is 1140 g/mol. The maximum absolute atomic E-state index is 14.7. The zero-order valence-electron chi connectivity index (χ0n) is 40.5. The fourth-order valence-electron chi connectivity index (χ4n) is 8.47. The van der Waals surface area contributed by atoms with Gasteiger partial charge in [-0.2, -0.15) is 17.2 Å². The molecule has 0 atom stereocenters. The molecule has 0 N–H and O–H groups in total. The van der Waals surface area contributed by atoms with Gasteiger partial charge in [0.05, 0.1) is 68.6 Å². The van der Waals surface area contributed by atoms with Gasteiger partial charge in [0.1, 0.15) is 0 Å². The highest BCUT2D eigenvalue weighted by Crippen LogP contribution is 2.33. The number of nitrogens with zero attached hydrogens (tertiary/aromatic N) is 10. The van der Waals surface area contributed by atoms with Gasteiger partial charge in [-0.1, -0.05) is 67.1 Å². The Morgan fingerprint density at radius 2 is 0.545 bits per heavy atom. The highest BCUT2D eigenvalue weighted by molar-refractivity contribution is 7.90. The standard InChI is InChI=1S/C47H48N10O16S4/c58-54(59)40-20-2-6-24-44(40)74(66,67)50-28-10-1-11-30-51(75(68,69)45-25-7-3-21-41(45)55(60)61)32-36-16-14-18-38(48-36)34-53(77(72,73)47-27-9-5-23-43(47)57(64)65)35-39-19-15-17-37(49-39)33-52(31-13-12-29-50)76(70,71)46-26-8-4-22-42(46)56(62)63/h2-9,14-27H,1,10-13,28-35H2. The first-order valence-corrected chi connectivity index (χ1v) is 29.1. The van der Waals surface area contributed by atoms with Crippen LogP contribution in [0.4, 0.5) is 22.7 Å². The molecule has 0 aliphatic carbocycles. The molecule has 0 unspecified atom stereocenters. The summed E-state index contributed by atoms with van der Waals surface area (Å²) >= 11 is 0. The predicted octanol–water partition coefficient (Wildman–Crippen LogP) is 6.54. The molecule has 26 nitrogen and oxygen atoms in total. The predicted molar refractivity (Wildman–Crippen MR) is 274 cm³/mol. The normalized spacial score (nSPS) is 16.0. The van der Waals surface area contributed by atoms with Crippen molar-refractivity contribution in [3.05, 3.63) is 197 Å². The lowest BCUT2D eigenvalue weighted by Gasteiger charge is -2.25. The van der Waals surface area contributed by atoms with Crippen molar-refractivity contribution in [2.45, 2.75) is 77.9 Å². The number of pyridine rings is 2. The number of nitro groups is 4. The number of nitro benzene ring substituents is 4. The van der Waals surface area contributed by atoms with Crippen molar-refractivity contribution >= 4 is 62.8 Å². The molecule has 0 spiro atoms. The Labute approximate surface area is 442 Å². The zero-order valence-corrected chi connectivity index (χ0v) is 43.8. The van der Waals surface area contributed by atoms with Crippen molar-refractivity contribution in [1.82, 2.24) is 27.2 Å². The minimum absolute atomic E-state index is 0.00363. The molecule has 2 aromatic heterocycles. The summed E-state index contributed by atoms with van der Waals surface area (Å²) in [5, 5.41) is 48.5. The van der Waals surface area contributed by atoms with Gasteiger partial charge in [-0.3, -0.25) is 50.4 Å². The number of hydrogen-bond acceptors (Lipinski definition) is 18. The molecule has 0 radical (unpaired) electrons. The van der Waals surface area contributed by atoms with E-state index in [1.54, 1.807) is 0 Å². The Morgan fingerprint density at radius 3 is 0.844 bits per heavy atom. The van der Waals surface area contributed by atoms with Crippen LogP contribution in [0.5, 0.6) is 0 Å². The van der Waals surface area contributed by atoms with E-state index >= 15 is 0 Å². The topological polar surface area (TPSA) is 348 Å². The third-order valence-corrected chi connectivity index (χ3v) is 19.8. The summed E-state index contributed by atoms with van der Waals surface area (Å²) < 4.78 is 120. The van der Waals surface area contributed by atoms with Gasteiger partial charge in [-0.25, -0.2) is 33.7 Å². The molecule has 406 valence electrons. The van der Waals surface area contributed by atoms with Crippen LogP contribution in [-0.2, 0) is 66.3 Å². The minimum Gasteiger partial charge on any atom is -0.258 e. The molecule has 0 fully saturated rings. The summed E-state index contributed by atoms with van der Waals surface area (Å²) in [5.74, 6) is 0. The summed E-state index contributed by atoms with van der Waals surface area (Å²) in [6.07, 6.45) is -0.0108. The first-order valence-electron chi connectivity index (χ1n) is 23.4. The maximum atomic E-state index is 14.7. The average Bonchev–Trinajstić information content (AvgIpc) is 3.40. The number of hydrogen-bond donors (Lipinski definition) is 0. The van der Waals surface area contributed by atoms with Crippen LogP contribution < -0.4 is 0 Å². The molecule has 4 aromatic carbocycles. The molecule has 77 heavy (non-hydrogen) atoms. The van der Waals surface area contributed by atoms with E-state index < -0.39 is 135 Å². The van der Waals surface area contributed by atoms with E-state index in [0.29, 0.717) is 0 Å². The van der Waals surface area contributed by atoms with Crippen LogP contribution in [0.1, 0.15) is 54.9 Å². The second-order valence-corrected chi connectivity index (χ2v) is 24.9. The van der Waals surface area contributed by atoms with Gasteiger partial charge in [-0.15, -0.1) is 0 Å². The van der Waals surface area contributed by atoms with E-state index in [2.05, 4.69) is 9.97 Å². The van der Waals surface area contributed by atoms with E-state index in [9.17, 15) is 74.1 Å². The Bertz CT molecular complexity index is 3690. The van der Waals surface area contributed by atoms with Crippen molar-refractivity contribution < 1.29 is 53.4 Å². The average molecular weight is 1140 g/mol. The van der Waals surface area contributed by atoms with Crippen LogP contribution in [0.3, 0.4) is 0 Å². The second-order valence-electron chi connectivity index (χ2n) is 17.3. The lowest BCUT2D eigenvalue weighted by molar-refractivity contribution is -0.388. The number of para-hydroxylation sites is 4. The molecular formula is C47H48N10O16S4. The molecule has 4 bridgehead atoms. The van der Waals surface area contributed by atoms with E-state index in [1.165, 1.54) is 84.9 Å². The number of fused-ring (bicyclic) bond motifs is 4. The van der Waals surface area contributed by atoms with Crippen molar-refractivity contribution in [3.63, 3.8) is 0 Å². The Kier molecular flexibility index (Phi) is 17.9. The van der Waals surface area contributed by atoms with Crippen molar-refractivity contribution in [2.24, 2.45) is 0 Å². The van der Waals surface area contributed by atoms with Crippen molar-refractivity contribution in [3.8, 4) is 0 Å². The molecule has 0 saturated carbocycles. The summed E-state index contributed by atoms with van der Waals surface area (Å²) in [7, 11) is -19.0. The molecule has 1 aliphatic rings. The summed E-state index contributed by atoms with van der Waals surface area (Å²) in [5.41, 5.74) is -2.93. The van der Waals surface area contributed by atoms with Crippen molar-refractivity contribution in [1.29, 1.82) is 0 Å². The fraction of sp³-hybridized carbons (Fsp3) is 0.277. The molecule has 7 rings (SSSR count). The van der Waals surface area contributed by atoms with Gasteiger partial charge >= 0.3 is 0 Å². The molecular weight excluding hydrogens is 1090 g/mol. The molecule has 30 heteroatoms. The van der Waals surface area contributed by atoms with E-state index in [4.69, 9.17) is 0 Å². The Balaban J connectivity index is 1.34. The Morgan fingerprint density at radius 1 is 0.312 bits per heavy atom.